The molecule has 2 saturated heterocycles. The number of hydrogen-bond acceptors (Lipinski definition) is 7. The molecule has 0 aliphatic carbocycles. The summed E-state index contributed by atoms with van der Waals surface area (Å²) >= 11 is 0. The summed E-state index contributed by atoms with van der Waals surface area (Å²) in [6, 6.07) is 21.4. The molecule has 3 heterocycles. The highest BCUT2D eigenvalue weighted by molar-refractivity contribution is 7.85. The van der Waals surface area contributed by atoms with Crippen molar-refractivity contribution in [3.63, 3.8) is 0 Å². The first kappa shape index (κ1) is 29.6. The Morgan fingerprint density at radius 3 is 2.16 bits per heavy atom. The molecular weight excluding hydrogens is 572 g/mol. The molecule has 6 rings (SSSR count). The maximum absolute atomic E-state index is 13.2. The third-order valence-corrected chi connectivity index (χ3v) is 9.73. The van der Waals surface area contributed by atoms with E-state index in [1.807, 2.05) is 73.7 Å². The Morgan fingerprint density at radius 1 is 0.841 bits per heavy atom. The molecule has 2 fully saturated rings. The van der Waals surface area contributed by atoms with Crippen molar-refractivity contribution < 1.29 is 9.00 Å². The standard InChI is InChI=1S/C34H38N6O3S/c1-24-29(7-6-8-30(24)37-33(41)25-9-13-27(14-10-25)39-17-4-3-5-18-39)31-23-38(2)34(42)32(36-31)35-26-11-15-28(16-12-26)40-19-21-44(43)22-20-40/h6-16,23H,3-5,17-22H2,1-2H3,(H,35,36)(H,37,41). The first-order chi connectivity index (χ1) is 21.4. The fourth-order valence-electron chi connectivity index (χ4n) is 5.82. The van der Waals surface area contributed by atoms with Gasteiger partial charge < -0.3 is 25.0 Å². The monoisotopic (exact) mass is 610 g/mol. The first-order valence-corrected chi connectivity index (χ1v) is 16.7. The van der Waals surface area contributed by atoms with Gasteiger partial charge in [0.1, 0.15) is 0 Å². The van der Waals surface area contributed by atoms with Crippen molar-refractivity contribution in [1.29, 1.82) is 0 Å². The molecule has 1 aromatic heterocycles. The number of nitrogens with zero attached hydrogens (tertiary/aromatic N) is 4. The number of carbonyl (C=O) groups is 1. The van der Waals surface area contributed by atoms with Crippen LogP contribution in [0.2, 0.25) is 0 Å². The van der Waals surface area contributed by atoms with E-state index in [1.165, 1.54) is 23.8 Å². The Kier molecular flexibility index (Phi) is 8.79. The lowest BCUT2D eigenvalue weighted by Crippen LogP contribution is -2.37. The Bertz CT molecular complexity index is 1720. The summed E-state index contributed by atoms with van der Waals surface area (Å²) in [7, 11) is 0.978. The summed E-state index contributed by atoms with van der Waals surface area (Å²) in [5.74, 6) is 1.41. The maximum Gasteiger partial charge on any atom is 0.293 e. The van der Waals surface area contributed by atoms with Gasteiger partial charge in [-0.05, 0) is 86.3 Å². The lowest BCUT2D eigenvalue weighted by molar-refractivity contribution is 0.102. The van der Waals surface area contributed by atoms with E-state index in [2.05, 4.69) is 20.4 Å². The van der Waals surface area contributed by atoms with Gasteiger partial charge in [-0.25, -0.2) is 4.98 Å². The Labute approximate surface area is 260 Å². The number of aromatic nitrogens is 2. The summed E-state index contributed by atoms with van der Waals surface area (Å²) in [5, 5.41) is 6.26. The fraction of sp³-hybridized carbons (Fsp3) is 0.324. The van der Waals surface area contributed by atoms with Gasteiger partial charge in [0.05, 0.1) is 5.69 Å². The zero-order valence-corrected chi connectivity index (χ0v) is 26.0. The quantitative estimate of drug-likeness (QED) is 0.293. The topological polar surface area (TPSA) is 99.6 Å². The minimum Gasteiger partial charge on any atom is -0.372 e. The molecule has 44 heavy (non-hydrogen) atoms. The van der Waals surface area contributed by atoms with Crippen molar-refractivity contribution in [3.8, 4) is 11.3 Å². The molecule has 4 aromatic rings. The molecule has 2 N–H and O–H groups in total. The number of piperidine rings is 1. The highest BCUT2D eigenvalue weighted by Gasteiger charge is 2.17. The summed E-state index contributed by atoms with van der Waals surface area (Å²) in [5.41, 5.74) is 6.31. The summed E-state index contributed by atoms with van der Waals surface area (Å²) in [6.45, 7) is 5.60. The molecule has 0 radical (unpaired) electrons. The van der Waals surface area contributed by atoms with E-state index >= 15 is 0 Å². The maximum atomic E-state index is 13.2. The predicted molar refractivity (Wildman–Crippen MR) is 180 cm³/mol. The molecule has 9 nitrogen and oxygen atoms in total. The van der Waals surface area contributed by atoms with Crippen LogP contribution in [-0.4, -0.2) is 57.4 Å². The second kappa shape index (κ2) is 13.1. The summed E-state index contributed by atoms with van der Waals surface area (Å²) in [4.78, 5) is 35.5. The second-order valence-corrected chi connectivity index (χ2v) is 13.1. The van der Waals surface area contributed by atoms with Gasteiger partial charge in [-0.15, -0.1) is 0 Å². The van der Waals surface area contributed by atoms with Crippen LogP contribution in [0, 0.1) is 6.92 Å². The lowest BCUT2D eigenvalue weighted by Gasteiger charge is -2.28. The number of nitrogens with one attached hydrogen (secondary N) is 2. The van der Waals surface area contributed by atoms with E-state index in [0.29, 0.717) is 28.5 Å². The second-order valence-electron chi connectivity index (χ2n) is 11.4. The van der Waals surface area contributed by atoms with Gasteiger partial charge in [0.2, 0.25) is 0 Å². The number of rotatable bonds is 7. The molecular formula is C34H38N6O3S. The number of amides is 1. The van der Waals surface area contributed by atoms with Crippen molar-refractivity contribution in [3.05, 3.63) is 94.4 Å². The third kappa shape index (κ3) is 6.55. The average Bonchev–Trinajstić information content (AvgIpc) is 3.05. The van der Waals surface area contributed by atoms with Crippen LogP contribution in [0.15, 0.2) is 77.7 Å². The van der Waals surface area contributed by atoms with Crippen LogP contribution in [0.5, 0.6) is 0 Å². The zero-order chi connectivity index (χ0) is 30.6. The average molecular weight is 611 g/mol. The molecule has 228 valence electrons. The van der Waals surface area contributed by atoms with Gasteiger partial charge >= 0.3 is 0 Å². The first-order valence-electron chi connectivity index (χ1n) is 15.2. The molecule has 0 unspecified atom stereocenters. The minimum absolute atomic E-state index is 0.174. The lowest BCUT2D eigenvalue weighted by atomic mass is 10.0. The Hall–Kier alpha value is -4.44. The number of carbonyl (C=O) groups excluding carboxylic acids is 1. The molecule has 1 amide bonds. The Morgan fingerprint density at radius 2 is 1.48 bits per heavy atom. The SMILES string of the molecule is Cc1c(NC(=O)c2ccc(N3CCCCC3)cc2)cccc1-c1cn(C)c(=O)c(Nc2ccc(N3CCS(=O)CC3)cc2)n1. The van der Waals surface area contributed by atoms with Crippen molar-refractivity contribution >= 4 is 45.3 Å². The molecule has 0 atom stereocenters. The van der Waals surface area contributed by atoms with Gasteiger partial charge in [-0.2, -0.15) is 0 Å². The van der Waals surface area contributed by atoms with Gasteiger partial charge in [-0.3, -0.25) is 13.8 Å². The molecule has 0 bridgehead atoms. The smallest absolute Gasteiger partial charge is 0.293 e. The molecule has 10 heteroatoms. The van der Waals surface area contributed by atoms with Crippen molar-refractivity contribution in [2.24, 2.45) is 7.05 Å². The minimum atomic E-state index is -0.727. The van der Waals surface area contributed by atoms with Gasteiger partial charge in [0.25, 0.3) is 11.5 Å². The van der Waals surface area contributed by atoms with Crippen LogP contribution in [0.3, 0.4) is 0 Å². The fourth-order valence-corrected chi connectivity index (χ4v) is 6.88. The van der Waals surface area contributed by atoms with Crippen LogP contribution >= 0.6 is 0 Å². The van der Waals surface area contributed by atoms with Crippen LogP contribution in [0.1, 0.15) is 35.2 Å². The van der Waals surface area contributed by atoms with Crippen molar-refractivity contribution in [1.82, 2.24) is 9.55 Å². The van der Waals surface area contributed by atoms with Crippen LogP contribution in [0.4, 0.5) is 28.6 Å². The number of benzene rings is 3. The predicted octanol–water partition coefficient (Wildman–Crippen LogP) is 5.31. The van der Waals surface area contributed by atoms with Gasteiger partial charge in [0, 0.05) is 95.6 Å². The normalized spacial score (nSPS) is 15.7. The third-order valence-electron chi connectivity index (χ3n) is 8.45. The van der Waals surface area contributed by atoms with E-state index in [1.54, 1.807) is 13.2 Å². The van der Waals surface area contributed by atoms with Gasteiger partial charge in [-0.1, -0.05) is 12.1 Å². The van der Waals surface area contributed by atoms with Crippen molar-refractivity contribution in [2.75, 3.05) is 58.1 Å². The van der Waals surface area contributed by atoms with E-state index in [4.69, 9.17) is 4.98 Å². The van der Waals surface area contributed by atoms with E-state index in [9.17, 15) is 13.8 Å². The molecule has 2 aliphatic rings. The molecule has 0 spiro atoms. The van der Waals surface area contributed by atoms with E-state index in [0.717, 1.165) is 54.4 Å². The van der Waals surface area contributed by atoms with Gasteiger partial charge in [0.15, 0.2) is 5.82 Å². The number of hydrogen-bond donors (Lipinski definition) is 2. The highest BCUT2D eigenvalue weighted by Crippen LogP contribution is 2.29. The summed E-state index contributed by atoms with van der Waals surface area (Å²) in [6.07, 6.45) is 5.40. The van der Waals surface area contributed by atoms with Crippen molar-refractivity contribution in [2.45, 2.75) is 26.2 Å². The molecule has 2 aliphatic heterocycles. The molecule has 3 aromatic carbocycles. The van der Waals surface area contributed by atoms with E-state index < -0.39 is 10.8 Å². The zero-order valence-electron chi connectivity index (χ0n) is 25.2. The van der Waals surface area contributed by atoms with E-state index in [-0.39, 0.29) is 17.3 Å². The summed E-state index contributed by atoms with van der Waals surface area (Å²) < 4.78 is 13.2. The largest absolute Gasteiger partial charge is 0.372 e. The van der Waals surface area contributed by atoms with Crippen LogP contribution in [-0.2, 0) is 17.8 Å². The molecule has 0 saturated carbocycles. The Balaban J connectivity index is 1.18. The highest BCUT2D eigenvalue weighted by atomic mass is 32.2. The number of anilines is 5. The number of aryl methyl sites for hydroxylation is 1. The van der Waals surface area contributed by atoms with Crippen LogP contribution < -0.4 is 26.0 Å². The van der Waals surface area contributed by atoms with Crippen LogP contribution in [0.25, 0.3) is 11.3 Å².